The first-order valence-electron chi connectivity index (χ1n) is 11.2. The van der Waals surface area contributed by atoms with Gasteiger partial charge in [0, 0.05) is 0 Å². The first-order chi connectivity index (χ1) is 11.2. The van der Waals surface area contributed by atoms with E-state index < -0.39 is 0 Å². The SMILES string of the molecule is CC1(C)C(C)(C)C(C)(C)C(C)(C)C(C)(C)C(C)(C)C(C)(C)C(C)(C)C1(C)C. The highest BCUT2D eigenvalue weighted by Crippen LogP contribution is 2.78. The van der Waals surface area contributed by atoms with Crippen LogP contribution in [0.15, 0.2) is 0 Å². The molecule has 162 valence electrons. The molecule has 0 amide bonds. The van der Waals surface area contributed by atoms with Gasteiger partial charge in [-0.2, -0.15) is 0 Å². The van der Waals surface area contributed by atoms with Crippen LogP contribution < -0.4 is 0 Å². The van der Waals surface area contributed by atoms with Crippen molar-refractivity contribution in [1.82, 2.24) is 0 Å². The van der Waals surface area contributed by atoms with Crippen molar-refractivity contribution >= 4 is 0 Å². The number of rotatable bonds is 0. The average molecular weight is 379 g/mol. The average Bonchev–Trinajstić information content (AvgIpc) is 2.44. The predicted molar refractivity (Wildman–Crippen MR) is 124 cm³/mol. The van der Waals surface area contributed by atoms with Crippen LogP contribution in [0.3, 0.4) is 0 Å². The molecule has 0 aromatic carbocycles. The highest BCUT2D eigenvalue weighted by molar-refractivity contribution is 5.20. The topological polar surface area (TPSA) is 0 Å². The fraction of sp³-hybridized carbons (Fsp3) is 1.00. The summed E-state index contributed by atoms with van der Waals surface area (Å²) in [5.41, 5.74) is 1.36. The first-order valence-corrected chi connectivity index (χ1v) is 11.2. The van der Waals surface area contributed by atoms with E-state index in [0.29, 0.717) is 0 Å². The zero-order valence-electron chi connectivity index (χ0n) is 22.5. The van der Waals surface area contributed by atoms with Crippen molar-refractivity contribution in [2.75, 3.05) is 0 Å². The van der Waals surface area contributed by atoms with Crippen LogP contribution in [-0.4, -0.2) is 0 Å². The highest BCUT2D eigenvalue weighted by atomic mass is 14.8. The van der Waals surface area contributed by atoms with Crippen molar-refractivity contribution in [3.63, 3.8) is 0 Å². The Labute approximate surface area is 173 Å². The van der Waals surface area contributed by atoms with Crippen LogP contribution in [0.4, 0.5) is 0 Å². The molecule has 0 aromatic rings. The third-order valence-electron chi connectivity index (χ3n) is 14.1. The smallest absolute Gasteiger partial charge is 0.0241 e. The van der Waals surface area contributed by atoms with Gasteiger partial charge in [-0.05, 0) is 48.7 Å². The highest BCUT2D eigenvalue weighted by Gasteiger charge is 2.72. The third-order valence-corrected chi connectivity index (χ3v) is 14.1. The van der Waals surface area contributed by atoms with E-state index in [-0.39, 0.29) is 48.7 Å². The summed E-state index contributed by atoms with van der Waals surface area (Å²) >= 11 is 0. The normalized spacial score (nSPS) is 34.0. The Morgan fingerprint density at radius 2 is 0.185 bits per heavy atom. The monoisotopic (exact) mass is 378 g/mol. The molecule has 0 heterocycles. The van der Waals surface area contributed by atoms with E-state index in [1.54, 1.807) is 0 Å². The first kappa shape index (κ1) is 25.0. The maximum Gasteiger partial charge on any atom is -0.0241 e. The molecule has 0 bridgehead atoms. The molecule has 1 rings (SSSR count). The molecule has 0 unspecified atom stereocenters. The van der Waals surface area contributed by atoms with Gasteiger partial charge in [0.25, 0.3) is 0 Å². The summed E-state index contributed by atoms with van der Waals surface area (Å²) in [5.74, 6) is 0. The lowest BCUT2D eigenvalue weighted by atomic mass is 9.37. The molecule has 1 fully saturated rings. The van der Waals surface area contributed by atoms with E-state index in [1.807, 2.05) is 0 Å². The number of hydrogen-bond acceptors (Lipinski definition) is 0. The van der Waals surface area contributed by atoms with E-state index in [1.165, 1.54) is 0 Å². The van der Waals surface area contributed by atoms with Crippen molar-refractivity contribution < 1.29 is 0 Å². The molecule has 0 atom stereocenters. The molecule has 1 aliphatic carbocycles. The number of hydrogen-bond donors (Lipinski definition) is 0. The van der Waals surface area contributed by atoms with Gasteiger partial charge in [0.15, 0.2) is 0 Å². The lowest BCUT2D eigenvalue weighted by Gasteiger charge is -2.67. The van der Waals surface area contributed by atoms with Crippen LogP contribution in [0, 0.1) is 48.7 Å². The molecule has 0 aromatic heterocycles. The molecule has 0 radical (unpaired) electrons. The largest absolute Gasteiger partial charge is 0.0588 e. The zero-order valence-corrected chi connectivity index (χ0v) is 22.5. The summed E-state index contributed by atoms with van der Waals surface area (Å²) in [6.45, 7) is 45.9. The second-order valence-corrected chi connectivity index (χ2v) is 14.6. The molecule has 0 N–H and O–H groups in total. The van der Waals surface area contributed by atoms with Gasteiger partial charge in [-0.1, -0.05) is 125 Å². The quantitative estimate of drug-likeness (QED) is 0.394. The standard InChI is InChI=1S/C27H54/c1-19(2)20(3,4)22(7,8)24(11,12)26(15,16)27(17,18)25(13,14)23(9,10)21(19,5)6/h1-18H3. The van der Waals surface area contributed by atoms with Crippen LogP contribution in [0.25, 0.3) is 0 Å². The van der Waals surface area contributed by atoms with E-state index in [9.17, 15) is 0 Å². The molecule has 0 heteroatoms. The van der Waals surface area contributed by atoms with Gasteiger partial charge in [0.05, 0.1) is 0 Å². The predicted octanol–water partition coefficient (Wildman–Crippen LogP) is 9.24. The van der Waals surface area contributed by atoms with Crippen LogP contribution >= 0.6 is 0 Å². The Morgan fingerprint density at radius 3 is 0.222 bits per heavy atom. The van der Waals surface area contributed by atoms with Gasteiger partial charge >= 0.3 is 0 Å². The minimum atomic E-state index is 0.151. The summed E-state index contributed by atoms with van der Waals surface area (Å²) < 4.78 is 0. The Balaban J connectivity index is 4.27. The molecule has 27 heavy (non-hydrogen) atoms. The van der Waals surface area contributed by atoms with Crippen molar-refractivity contribution in [2.24, 2.45) is 48.7 Å². The van der Waals surface area contributed by atoms with E-state index in [4.69, 9.17) is 0 Å². The van der Waals surface area contributed by atoms with Crippen LogP contribution in [0.1, 0.15) is 125 Å². The lowest BCUT2D eigenvalue weighted by molar-refractivity contribution is -0.188. The minimum absolute atomic E-state index is 0.151. The van der Waals surface area contributed by atoms with Gasteiger partial charge in [0.1, 0.15) is 0 Å². The van der Waals surface area contributed by atoms with E-state index in [0.717, 1.165) is 0 Å². The van der Waals surface area contributed by atoms with Gasteiger partial charge < -0.3 is 0 Å². The van der Waals surface area contributed by atoms with Gasteiger partial charge in [-0.3, -0.25) is 0 Å². The van der Waals surface area contributed by atoms with Crippen LogP contribution in [0.5, 0.6) is 0 Å². The third kappa shape index (κ3) is 2.28. The Hall–Kier alpha value is 0. The summed E-state index contributed by atoms with van der Waals surface area (Å²) in [6.07, 6.45) is 0. The molecule has 0 aliphatic heterocycles. The zero-order chi connectivity index (χ0) is 22.5. The lowest BCUT2D eigenvalue weighted by Crippen LogP contribution is -2.60. The van der Waals surface area contributed by atoms with Gasteiger partial charge in [0.2, 0.25) is 0 Å². The second kappa shape index (κ2) is 5.57. The van der Waals surface area contributed by atoms with Crippen molar-refractivity contribution in [3.8, 4) is 0 Å². The summed E-state index contributed by atoms with van der Waals surface area (Å²) in [5, 5.41) is 0. The Bertz CT molecular complexity index is 378. The summed E-state index contributed by atoms with van der Waals surface area (Å²) in [6, 6.07) is 0. The maximum absolute atomic E-state index is 2.55. The van der Waals surface area contributed by atoms with Crippen molar-refractivity contribution in [2.45, 2.75) is 125 Å². The molecule has 0 nitrogen and oxygen atoms in total. The van der Waals surface area contributed by atoms with Gasteiger partial charge in [-0.15, -0.1) is 0 Å². The fourth-order valence-electron chi connectivity index (χ4n) is 7.03. The van der Waals surface area contributed by atoms with Crippen molar-refractivity contribution in [3.05, 3.63) is 0 Å². The van der Waals surface area contributed by atoms with Crippen LogP contribution in [0.2, 0.25) is 0 Å². The molecule has 0 saturated heterocycles. The van der Waals surface area contributed by atoms with Gasteiger partial charge in [-0.25, -0.2) is 0 Å². The molecule has 0 spiro atoms. The molecule has 1 aliphatic rings. The summed E-state index contributed by atoms with van der Waals surface area (Å²) in [4.78, 5) is 0. The Kier molecular flexibility index (Phi) is 5.17. The van der Waals surface area contributed by atoms with Crippen molar-refractivity contribution in [1.29, 1.82) is 0 Å². The maximum atomic E-state index is 2.55. The van der Waals surface area contributed by atoms with E-state index in [2.05, 4.69) is 125 Å². The van der Waals surface area contributed by atoms with E-state index >= 15 is 0 Å². The Morgan fingerprint density at radius 1 is 0.148 bits per heavy atom. The molecular weight excluding hydrogens is 324 g/mol. The molecule has 1 saturated carbocycles. The fourth-order valence-corrected chi connectivity index (χ4v) is 7.03. The summed E-state index contributed by atoms with van der Waals surface area (Å²) in [7, 11) is 0. The van der Waals surface area contributed by atoms with Crippen LogP contribution in [-0.2, 0) is 0 Å². The minimum Gasteiger partial charge on any atom is -0.0588 e. The second-order valence-electron chi connectivity index (χ2n) is 14.6. The molecular formula is C27H54.